The van der Waals surface area contributed by atoms with Crippen LogP contribution < -0.4 is 5.32 Å². The van der Waals surface area contributed by atoms with E-state index in [0.717, 1.165) is 6.54 Å². The molecular weight excluding hydrogens is 170 g/mol. The van der Waals surface area contributed by atoms with Gasteiger partial charge in [0, 0.05) is 13.0 Å². The van der Waals surface area contributed by atoms with E-state index in [9.17, 15) is 4.79 Å². The molecule has 0 rings (SSSR count). The second kappa shape index (κ2) is 9.64. The molecule has 4 heteroatoms. The van der Waals surface area contributed by atoms with Crippen molar-refractivity contribution in [3.63, 3.8) is 0 Å². The molecule has 0 aromatic rings. The lowest BCUT2D eigenvalue weighted by Crippen LogP contribution is -2.16. The van der Waals surface area contributed by atoms with Crippen molar-refractivity contribution in [1.29, 1.82) is 0 Å². The number of likely N-dealkylation sites (N-methyl/N-ethyl adjacent to an activating group) is 1. The largest absolute Gasteiger partial charge is 0.379 e. The van der Waals surface area contributed by atoms with Crippen molar-refractivity contribution in [2.24, 2.45) is 0 Å². The van der Waals surface area contributed by atoms with Gasteiger partial charge in [-0.25, -0.2) is 0 Å². The quantitative estimate of drug-likeness (QED) is 0.527. The van der Waals surface area contributed by atoms with Gasteiger partial charge in [0.2, 0.25) is 0 Å². The number of rotatable bonds is 9. The molecule has 13 heavy (non-hydrogen) atoms. The van der Waals surface area contributed by atoms with Gasteiger partial charge in [0.25, 0.3) is 0 Å². The molecule has 0 aromatic carbocycles. The Morgan fingerprint density at radius 3 is 2.31 bits per heavy atom. The first-order valence-corrected chi connectivity index (χ1v) is 4.57. The van der Waals surface area contributed by atoms with Crippen LogP contribution in [0.15, 0.2) is 0 Å². The van der Waals surface area contributed by atoms with Crippen LogP contribution in [-0.2, 0) is 14.3 Å². The summed E-state index contributed by atoms with van der Waals surface area (Å²) in [4.78, 5) is 10.5. The topological polar surface area (TPSA) is 47.6 Å². The molecule has 78 valence electrons. The molecule has 0 bridgehead atoms. The van der Waals surface area contributed by atoms with Crippen molar-refractivity contribution in [1.82, 2.24) is 5.32 Å². The Labute approximate surface area is 79.6 Å². The van der Waals surface area contributed by atoms with Crippen LogP contribution in [0.1, 0.15) is 13.3 Å². The van der Waals surface area contributed by atoms with Gasteiger partial charge < -0.3 is 14.8 Å². The van der Waals surface area contributed by atoms with E-state index in [4.69, 9.17) is 9.47 Å². The van der Waals surface area contributed by atoms with Crippen molar-refractivity contribution in [3.05, 3.63) is 0 Å². The monoisotopic (exact) mass is 189 g/mol. The first kappa shape index (κ1) is 12.6. The molecule has 0 heterocycles. The Morgan fingerprint density at radius 2 is 1.77 bits per heavy atom. The van der Waals surface area contributed by atoms with Crippen LogP contribution in [0, 0.1) is 0 Å². The van der Waals surface area contributed by atoms with E-state index in [1.54, 1.807) is 6.92 Å². The van der Waals surface area contributed by atoms with Crippen molar-refractivity contribution < 1.29 is 14.3 Å². The highest BCUT2D eigenvalue weighted by Gasteiger charge is 1.93. The molecule has 0 atom stereocenters. The van der Waals surface area contributed by atoms with Crippen LogP contribution in [0.3, 0.4) is 0 Å². The Balaban J connectivity index is 2.87. The highest BCUT2D eigenvalue weighted by Crippen LogP contribution is 1.84. The maximum absolute atomic E-state index is 10.5. The lowest BCUT2D eigenvalue weighted by atomic mass is 10.3. The van der Waals surface area contributed by atoms with Gasteiger partial charge in [0.1, 0.15) is 5.78 Å². The van der Waals surface area contributed by atoms with Gasteiger partial charge >= 0.3 is 0 Å². The molecular formula is C9H19NO3. The number of nitrogens with one attached hydrogen (secondary N) is 1. The number of ketones is 1. The molecule has 0 saturated carbocycles. The van der Waals surface area contributed by atoms with Crippen LogP contribution in [0.2, 0.25) is 0 Å². The minimum Gasteiger partial charge on any atom is -0.379 e. The Bertz CT molecular complexity index is 128. The summed E-state index contributed by atoms with van der Waals surface area (Å²) in [6.07, 6.45) is 0.497. The number of Topliss-reactive ketones (excluding diaryl/α,β-unsaturated/α-hetero) is 1. The van der Waals surface area contributed by atoms with Gasteiger partial charge in [-0.2, -0.15) is 0 Å². The predicted octanol–water partition coefficient (Wildman–Crippen LogP) is 0.218. The third-order valence-corrected chi connectivity index (χ3v) is 1.47. The molecule has 0 radical (unpaired) electrons. The number of hydrogen-bond donors (Lipinski definition) is 1. The van der Waals surface area contributed by atoms with E-state index < -0.39 is 0 Å². The zero-order valence-electron chi connectivity index (χ0n) is 8.47. The second-order valence-electron chi connectivity index (χ2n) is 2.78. The van der Waals surface area contributed by atoms with Crippen LogP contribution in [-0.4, -0.2) is 45.8 Å². The van der Waals surface area contributed by atoms with Gasteiger partial charge in [-0.1, -0.05) is 0 Å². The zero-order valence-corrected chi connectivity index (χ0v) is 8.47. The van der Waals surface area contributed by atoms with Crippen LogP contribution >= 0.6 is 0 Å². The van der Waals surface area contributed by atoms with E-state index in [1.807, 2.05) is 7.05 Å². The number of carbonyl (C=O) groups excluding carboxylic acids is 1. The minimum absolute atomic E-state index is 0.163. The highest BCUT2D eigenvalue weighted by atomic mass is 16.5. The molecule has 0 aliphatic rings. The van der Waals surface area contributed by atoms with Crippen molar-refractivity contribution in [2.45, 2.75) is 13.3 Å². The summed E-state index contributed by atoms with van der Waals surface area (Å²) >= 11 is 0. The summed E-state index contributed by atoms with van der Waals surface area (Å²) in [5.74, 6) is 0.163. The molecule has 0 saturated heterocycles. The SMILES string of the molecule is CNCCOCCOCCC(C)=O. The normalized spacial score (nSPS) is 10.3. The van der Waals surface area contributed by atoms with E-state index in [0.29, 0.717) is 32.8 Å². The van der Waals surface area contributed by atoms with Gasteiger partial charge in [0.05, 0.1) is 26.4 Å². The molecule has 1 N–H and O–H groups in total. The van der Waals surface area contributed by atoms with Crippen molar-refractivity contribution in [2.75, 3.05) is 40.0 Å². The summed E-state index contributed by atoms with van der Waals surface area (Å²) in [6, 6.07) is 0. The molecule has 0 unspecified atom stereocenters. The third-order valence-electron chi connectivity index (χ3n) is 1.47. The number of carbonyl (C=O) groups is 1. The lowest BCUT2D eigenvalue weighted by Gasteiger charge is -2.04. The van der Waals surface area contributed by atoms with Crippen LogP contribution in [0.25, 0.3) is 0 Å². The second-order valence-corrected chi connectivity index (χ2v) is 2.78. The first-order chi connectivity index (χ1) is 6.27. The molecule has 0 aliphatic carbocycles. The van der Waals surface area contributed by atoms with E-state index in [-0.39, 0.29) is 5.78 Å². The van der Waals surface area contributed by atoms with Gasteiger partial charge in [-0.15, -0.1) is 0 Å². The summed E-state index contributed by atoms with van der Waals surface area (Å²) in [5, 5.41) is 2.97. The predicted molar refractivity (Wildman–Crippen MR) is 50.9 cm³/mol. The van der Waals surface area contributed by atoms with Gasteiger partial charge in [-0.3, -0.25) is 4.79 Å². The smallest absolute Gasteiger partial charge is 0.132 e. The average molecular weight is 189 g/mol. The Hall–Kier alpha value is -0.450. The first-order valence-electron chi connectivity index (χ1n) is 4.57. The van der Waals surface area contributed by atoms with Crippen molar-refractivity contribution >= 4 is 5.78 Å². The lowest BCUT2D eigenvalue weighted by molar-refractivity contribution is -0.118. The molecule has 0 aliphatic heterocycles. The number of hydrogen-bond acceptors (Lipinski definition) is 4. The highest BCUT2D eigenvalue weighted by molar-refractivity contribution is 5.75. The van der Waals surface area contributed by atoms with Gasteiger partial charge in [0.15, 0.2) is 0 Å². The summed E-state index contributed by atoms with van der Waals surface area (Å²) in [7, 11) is 1.88. The van der Waals surface area contributed by atoms with E-state index in [1.165, 1.54) is 0 Å². The summed E-state index contributed by atoms with van der Waals surface area (Å²) in [6.45, 7) is 4.79. The molecule has 0 amide bonds. The standard InChI is InChI=1S/C9H19NO3/c1-9(11)3-5-12-7-8-13-6-4-10-2/h10H,3-8H2,1-2H3. The molecule has 0 aromatic heterocycles. The summed E-state index contributed by atoms with van der Waals surface area (Å²) in [5.41, 5.74) is 0. The fourth-order valence-corrected chi connectivity index (χ4v) is 0.712. The zero-order chi connectivity index (χ0) is 9.94. The average Bonchev–Trinajstić information content (AvgIpc) is 2.09. The third kappa shape index (κ3) is 11.5. The Morgan fingerprint density at radius 1 is 1.15 bits per heavy atom. The van der Waals surface area contributed by atoms with Crippen molar-refractivity contribution in [3.8, 4) is 0 Å². The maximum Gasteiger partial charge on any atom is 0.132 e. The molecule has 0 fully saturated rings. The maximum atomic E-state index is 10.5. The van der Waals surface area contributed by atoms with Crippen LogP contribution in [0.4, 0.5) is 0 Å². The van der Waals surface area contributed by atoms with E-state index in [2.05, 4.69) is 5.32 Å². The minimum atomic E-state index is 0.163. The number of ether oxygens (including phenoxy) is 2. The molecule has 4 nitrogen and oxygen atoms in total. The fraction of sp³-hybridized carbons (Fsp3) is 0.889. The molecule has 0 spiro atoms. The van der Waals surface area contributed by atoms with E-state index >= 15 is 0 Å². The van der Waals surface area contributed by atoms with Gasteiger partial charge in [-0.05, 0) is 14.0 Å². The summed E-state index contributed by atoms with van der Waals surface area (Å²) < 4.78 is 10.4. The fourth-order valence-electron chi connectivity index (χ4n) is 0.712. The Kier molecular flexibility index (Phi) is 9.30. The van der Waals surface area contributed by atoms with Crippen LogP contribution in [0.5, 0.6) is 0 Å².